The van der Waals surface area contributed by atoms with Gasteiger partial charge in [-0.1, -0.05) is 6.07 Å². The minimum Gasteiger partial charge on any atom is -0.319 e. The van der Waals surface area contributed by atoms with Crippen LogP contribution in [-0.4, -0.2) is 31.6 Å². The van der Waals surface area contributed by atoms with Crippen molar-refractivity contribution in [1.82, 2.24) is 10.2 Å². The first kappa shape index (κ1) is 16.3. The molecule has 0 bridgehead atoms. The van der Waals surface area contributed by atoms with E-state index >= 15 is 0 Å². The third-order valence-electron chi connectivity index (χ3n) is 3.64. The second kappa shape index (κ2) is 7.78. The smallest absolute Gasteiger partial charge is 0.130 e. The molecule has 5 heteroatoms. The van der Waals surface area contributed by atoms with Gasteiger partial charge in [0.2, 0.25) is 0 Å². The summed E-state index contributed by atoms with van der Waals surface area (Å²) in [5.74, 6) is -0.184. The number of piperidine rings is 1. The molecule has 19 heavy (non-hydrogen) atoms. The van der Waals surface area contributed by atoms with Crippen LogP contribution in [0.15, 0.2) is 18.2 Å². The second-order valence-electron chi connectivity index (χ2n) is 4.98. The minimum atomic E-state index is -0.438. The second-order valence-corrected chi connectivity index (χ2v) is 4.98. The molecule has 1 aliphatic rings. The van der Waals surface area contributed by atoms with E-state index in [4.69, 9.17) is 0 Å². The lowest BCUT2D eigenvalue weighted by Crippen LogP contribution is -2.36. The van der Waals surface area contributed by atoms with Gasteiger partial charge in [-0.05, 0) is 57.6 Å². The Morgan fingerprint density at radius 2 is 1.79 bits per heavy atom. The summed E-state index contributed by atoms with van der Waals surface area (Å²) >= 11 is 0. The Balaban J connectivity index is 0.00000180. The van der Waals surface area contributed by atoms with E-state index in [0.717, 1.165) is 32.5 Å². The predicted molar refractivity (Wildman–Crippen MR) is 75.5 cm³/mol. The largest absolute Gasteiger partial charge is 0.319 e. The lowest BCUT2D eigenvalue weighted by molar-refractivity contribution is 0.173. The highest BCUT2D eigenvalue weighted by Gasteiger charge is 2.20. The Kier molecular flexibility index (Phi) is 6.69. The Hall–Kier alpha value is -0.710. The zero-order valence-electron chi connectivity index (χ0n) is 11.2. The molecule has 0 saturated carbocycles. The first-order chi connectivity index (χ1) is 8.70. The van der Waals surface area contributed by atoms with Crippen LogP contribution in [0.25, 0.3) is 0 Å². The Morgan fingerprint density at radius 1 is 1.21 bits per heavy atom. The average Bonchev–Trinajstić information content (AvgIpc) is 2.36. The maximum Gasteiger partial charge on any atom is 0.130 e. The monoisotopic (exact) mass is 290 g/mol. The maximum atomic E-state index is 13.5. The van der Waals surface area contributed by atoms with Crippen molar-refractivity contribution < 1.29 is 8.78 Å². The molecule has 0 radical (unpaired) electrons. The number of rotatable bonds is 4. The summed E-state index contributed by atoms with van der Waals surface area (Å²) in [4.78, 5) is 2.13. The van der Waals surface area contributed by atoms with Crippen LogP contribution in [0.4, 0.5) is 8.78 Å². The Morgan fingerprint density at radius 3 is 2.32 bits per heavy atom. The molecule has 1 aromatic rings. The number of benzene rings is 1. The van der Waals surface area contributed by atoms with Gasteiger partial charge < -0.3 is 5.32 Å². The SMILES string of the molecule is CNCC1CCN(Cc2c(F)cccc2F)CC1.Cl. The van der Waals surface area contributed by atoms with Crippen molar-refractivity contribution in [3.63, 3.8) is 0 Å². The highest BCUT2D eigenvalue weighted by Crippen LogP contribution is 2.20. The normalized spacial score (nSPS) is 17.2. The summed E-state index contributed by atoms with van der Waals surface area (Å²) in [5.41, 5.74) is 0.199. The fourth-order valence-corrected chi connectivity index (χ4v) is 2.54. The van der Waals surface area contributed by atoms with E-state index in [1.807, 2.05) is 7.05 Å². The highest BCUT2D eigenvalue weighted by atomic mass is 35.5. The summed E-state index contributed by atoms with van der Waals surface area (Å²) in [7, 11) is 1.96. The minimum absolute atomic E-state index is 0. The zero-order valence-corrected chi connectivity index (χ0v) is 12.0. The van der Waals surface area contributed by atoms with Gasteiger partial charge in [0.25, 0.3) is 0 Å². The zero-order chi connectivity index (χ0) is 13.0. The third-order valence-corrected chi connectivity index (χ3v) is 3.64. The van der Waals surface area contributed by atoms with E-state index in [2.05, 4.69) is 10.2 Å². The van der Waals surface area contributed by atoms with Crippen LogP contribution in [0.2, 0.25) is 0 Å². The van der Waals surface area contributed by atoms with Gasteiger partial charge >= 0.3 is 0 Å². The summed E-state index contributed by atoms with van der Waals surface area (Å²) in [6.45, 7) is 3.24. The molecule has 0 aromatic heterocycles. The van der Waals surface area contributed by atoms with Gasteiger partial charge in [-0.2, -0.15) is 0 Å². The topological polar surface area (TPSA) is 15.3 Å². The molecule has 0 amide bonds. The molecule has 1 aliphatic heterocycles. The van der Waals surface area contributed by atoms with Gasteiger partial charge in [0.05, 0.1) is 0 Å². The molecular formula is C14H21ClF2N2. The number of hydrogen-bond donors (Lipinski definition) is 1. The Labute approximate surface area is 119 Å². The fourth-order valence-electron chi connectivity index (χ4n) is 2.54. The lowest BCUT2D eigenvalue weighted by atomic mass is 9.96. The highest BCUT2D eigenvalue weighted by molar-refractivity contribution is 5.85. The lowest BCUT2D eigenvalue weighted by Gasteiger charge is -2.32. The molecule has 1 aromatic carbocycles. The van der Waals surface area contributed by atoms with E-state index in [0.29, 0.717) is 12.5 Å². The van der Waals surface area contributed by atoms with Crippen LogP contribution in [0.5, 0.6) is 0 Å². The van der Waals surface area contributed by atoms with Crippen molar-refractivity contribution >= 4 is 12.4 Å². The molecular weight excluding hydrogens is 270 g/mol. The number of halogens is 3. The molecule has 2 nitrogen and oxygen atoms in total. The van der Waals surface area contributed by atoms with Gasteiger partial charge in [-0.25, -0.2) is 8.78 Å². The molecule has 1 N–H and O–H groups in total. The van der Waals surface area contributed by atoms with Crippen molar-refractivity contribution in [3.05, 3.63) is 35.4 Å². The van der Waals surface area contributed by atoms with Gasteiger partial charge in [0, 0.05) is 12.1 Å². The van der Waals surface area contributed by atoms with E-state index in [9.17, 15) is 8.78 Å². The molecule has 0 atom stereocenters. The summed E-state index contributed by atoms with van der Waals surface area (Å²) in [6, 6.07) is 4.06. The number of likely N-dealkylation sites (tertiary alicyclic amines) is 1. The van der Waals surface area contributed by atoms with Gasteiger partial charge in [0.1, 0.15) is 11.6 Å². The fraction of sp³-hybridized carbons (Fsp3) is 0.571. The summed E-state index contributed by atoms with van der Waals surface area (Å²) in [5, 5.41) is 3.18. The van der Waals surface area contributed by atoms with Crippen LogP contribution in [0, 0.1) is 17.6 Å². The maximum absolute atomic E-state index is 13.5. The first-order valence-corrected chi connectivity index (χ1v) is 6.50. The molecule has 0 unspecified atom stereocenters. The van der Waals surface area contributed by atoms with Gasteiger partial charge in [-0.15, -0.1) is 12.4 Å². The molecule has 1 heterocycles. The molecule has 1 fully saturated rings. The van der Waals surface area contributed by atoms with Crippen molar-refractivity contribution in [2.75, 3.05) is 26.7 Å². The summed E-state index contributed by atoms with van der Waals surface area (Å²) < 4.78 is 27.1. The van der Waals surface area contributed by atoms with Crippen molar-refractivity contribution in [2.45, 2.75) is 19.4 Å². The van der Waals surface area contributed by atoms with E-state index in [1.165, 1.54) is 18.2 Å². The van der Waals surface area contributed by atoms with Crippen LogP contribution in [0.3, 0.4) is 0 Å². The molecule has 108 valence electrons. The summed E-state index contributed by atoms with van der Waals surface area (Å²) in [6.07, 6.45) is 2.19. The van der Waals surface area contributed by atoms with Crippen molar-refractivity contribution in [3.8, 4) is 0 Å². The molecule has 0 aliphatic carbocycles. The quantitative estimate of drug-likeness (QED) is 0.917. The van der Waals surface area contributed by atoms with Crippen LogP contribution in [0.1, 0.15) is 18.4 Å². The van der Waals surface area contributed by atoms with E-state index in [1.54, 1.807) is 0 Å². The van der Waals surface area contributed by atoms with Crippen molar-refractivity contribution in [2.24, 2.45) is 5.92 Å². The van der Waals surface area contributed by atoms with E-state index < -0.39 is 11.6 Å². The third kappa shape index (κ3) is 4.41. The standard InChI is InChI=1S/C14H20F2N2.ClH/c1-17-9-11-5-7-18(8-6-11)10-12-13(15)3-2-4-14(12)16;/h2-4,11,17H,5-10H2,1H3;1H. The number of hydrogen-bond acceptors (Lipinski definition) is 2. The first-order valence-electron chi connectivity index (χ1n) is 6.50. The van der Waals surface area contributed by atoms with Gasteiger partial charge in [-0.3, -0.25) is 4.90 Å². The van der Waals surface area contributed by atoms with Gasteiger partial charge in [0.15, 0.2) is 0 Å². The molecule has 0 spiro atoms. The van der Waals surface area contributed by atoms with Crippen LogP contribution < -0.4 is 5.32 Å². The molecule has 1 saturated heterocycles. The average molecular weight is 291 g/mol. The number of nitrogens with one attached hydrogen (secondary N) is 1. The van der Waals surface area contributed by atoms with Crippen LogP contribution >= 0.6 is 12.4 Å². The Bertz CT molecular complexity index is 373. The predicted octanol–water partition coefficient (Wildman–Crippen LogP) is 2.82. The molecule has 2 rings (SSSR count). The van der Waals surface area contributed by atoms with E-state index in [-0.39, 0.29) is 18.0 Å². The number of nitrogens with zero attached hydrogens (tertiary/aromatic N) is 1. The van der Waals surface area contributed by atoms with Crippen LogP contribution in [-0.2, 0) is 6.54 Å². The van der Waals surface area contributed by atoms with Crippen molar-refractivity contribution in [1.29, 1.82) is 0 Å².